The number of nitrogens with zero attached hydrogens (tertiary/aromatic N) is 1. The minimum absolute atomic E-state index is 0.357. The van der Waals surface area contributed by atoms with E-state index < -0.39 is 0 Å². The molecule has 0 bridgehead atoms. The summed E-state index contributed by atoms with van der Waals surface area (Å²) in [6.45, 7) is 3.94. The molecule has 0 saturated carbocycles. The predicted molar refractivity (Wildman–Crippen MR) is 85.6 cm³/mol. The van der Waals surface area contributed by atoms with E-state index in [1.54, 1.807) is 0 Å². The number of hydrogen-bond donors (Lipinski definition) is 0. The Labute approximate surface area is 132 Å². The number of likely N-dealkylation sites (tertiary alicyclic amines) is 1. The largest absolute Gasteiger partial charge is 0.375 e. The lowest BCUT2D eigenvalue weighted by molar-refractivity contribution is -0.135. The second-order valence-corrected chi connectivity index (χ2v) is 7.36. The number of carbonyl (C=O) groups is 1. The minimum Gasteiger partial charge on any atom is -0.375 e. The van der Waals surface area contributed by atoms with E-state index in [0.29, 0.717) is 36.4 Å². The van der Waals surface area contributed by atoms with Gasteiger partial charge in [0.05, 0.1) is 12.2 Å². The topological polar surface area (TPSA) is 29.5 Å². The first-order chi connectivity index (χ1) is 10.7. The Morgan fingerprint density at radius 1 is 1.27 bits per heavy atom. The molecule has 3 atom stereocenters. The Bertz CT molecular complexity index is 545. The van der Waals surface area contributed by atoms with E-state index in [-0.39, 0.29) is 0 Å². The van der Waals surface area contributed by atoms with Crippen molar-refractivity contribution in [1.82, 2.24) is 4.90 Å². The molecule has 4 rings (SSSR count). The molecule has 1 aromatic carbocycles. The van der Waals surface area contributed by atoms with E-state index in [1.165, 1.54) is 11.1 Å². The maximum Gasteiger partial charge on any atom is 0.222 e. The van der Waals surface area contributed by atoms with Crippen LogP contribution in [0.1, 0.15) is 37.3 Å². The van der Waals surface area contributed by atoms with Gasteiger partial charge in [0.15, 0.2) is 0 Å². The fraction of sp³-hybridized carbons (Fsp3) is 0.632. The highest BCUT2D eigenvalue weighted by atomic mass is 16.5. The SMILES string of the molecule is C[C@@H]1C[C@@H]2CN(C(=O)CC3Cc4ccccc4C3)CC[C@@H]2O1. The Balaban J connectivity index is 1.34. The summed E-state index contributed by atoms with van der Waals surface area (Å²) in [5.41, 5.74) is 2.88. The third-order valence-electron chi connectivity index (χ3n) is 5.66. The molecule has 2 fully saturated rings. The van der Waals surface area contributed by atoms with Gasteiger partial charge in [0, 0.05) is 25.4 Å². The first-order valence-corrected chi connectivity index (χ1v) is 8.69. The van der Waals surface area contributed by atoms with Gasteiger partial charge in [-0.25, -0.2) is 0 Å². The molecule has 1 aromatic rings. The van der Waals surface area contributed by atoms with Gasteiger partial charge < -0.3 is 9.64 Å². The summed E-state index contributed by atoms with van der Waals surface area (Å²) in [6, 6.07) is 8.63. The number of rotatable bonds is 2. The molecular formula is C19H25NO2. The third kappa shape index (κ3) is 2.67. The number of hydrogen-bond acceptors (Lipinski definition) is 2. The maximum absolute atomic E-state index is 12.7. The lowest BCUT2D eigenvalue weighted by Crippen LogP contribution is -2.44. The molecule has 22 heavy (non-hydrogen) atoms. The summed E-state index contributed by atoms with van der Waals surface area (Å²) in [4.78, 5) is 14.8. The van der Waals surface area contributed by atoms with Gasteiger partial charge in [-0.2, -0.15) is 0 Å². The molecule has 1 aliphatic carbocycles. The van der Waals surface area contributed by atoms with Gasteiger partial charge in [-0.1, -0.05) is 24.3 Å². The van der Waals surface area contributed by atoms with Crippen molar-refractivity contribution in [2.24, 2.45) is 11.8 Å². The van der Waals surface area contributed by atoms with Gasteiger partial charge in [-0.3, -0.25) is 4.79 Å². The number of fused-ring (bicyclic) bond motifs is 2. The zero-order valence-corrected chi connectivity index (χ0v) is 13.3. The molecule has 0 N–H and O–H groups in total. The van der Waals surface area contributed by atoms with Crippen LogP contribution >= 0.6 is 0 Å². The Hall–Kier alpha value is -1.35. The number of benzene rings is 1. The van der Waals surface area contributed by atoms with Crippen LogP contribution in [0.4, 0.5) is 0 Å². The first-order valence-electron chi connectivity index (χ1n) is 8.69. The molecule has 2 saturated heterocycles. The second-order valence-electron chi connectivity index (χ2n) is 7.36. The summed E-state index contributed by atoms with van der Waals surface area (Å²) in [5.74, 6) is 1.42. The molecule has 0 aromatic heterocycles. The average Bonchev–Trinajstić information content (AvgIpc) is 3.07. The van der Waals surface area contributed by atoms with Crippen LogP contribution in [0.15, 0.2) is 24.3 Å². The molecule has 2 aliphatic heterocycles. The normalized spacial score (nSPS) is 31.1. The van der Waals surface area contributed by atoms with Crippen LogP contribution in [0.3, 0.4) is 0 Å². The summed E-state index contributed by atoms with van der Waals surface area (Å²) < 4.78 is 5.93. The molecule has 0 spiro atoms. The summed E-state index contributed by atoms with van der Waals surface area (Å²) in [7, 11) is 0. The number of amides is 1. The number of piperidine rings is 1. The third-order valence-corrected chi connectivity index (χ3v) is 5.66. The zero-order chi connectivity index (χ0) is 15.1. The van der Waals surface area contributed by atoms with Crippen molar-refractivity contribution in [2.45, 2.75) is 51.2 Å². The van der Waals surface area contributed by atoms with E-state index in [9.17, 15) is 4.79 Å². The monoisotopic (exact) mass is 299 g/mol. The standard InChI is InChI=1S/C19H25NO2/c1-13-8-17-12-20(7-6-18(17)22-13)19(21)11-14-9-15-4-2-3-5-16(15)10-14/h2-5,13-14,17-18H,6-12H2,1H3/t13-,17-,18+/m1/s1. The molecule has 3 aliphatic rings. The van der Waals surface area contributed by atoms with Gasteiger partial charge in [-0.05, 0) is 49.7 Å². The predicted octanol–water partition coefficient (Wildman–Crippen LogP) is 2.82. The Kier molecular flexibility index (Phi) is 3.69. The molecule has 3 nitrogen and oxygen atoms in total. The fourth-order valence-electron chi connectivity index (χ4n) is 4.59. The van der Waals surface area contributed by atoms with E-state index >= 15 is 0 Å². The van der Waals surface area contributed by atoms with E-state index in [1.807, 2.05) is 0 Å². The molecule has 0 unspecified atom stereocenters. The van der Waals surface area contributed by atoms with Crippen LogP contribution in [0.2, 0.25) is 0 Å². The quantitative estimate of drug-likeness (QED) is 0.840. The van der Waals surface area contributed by atoms with Crippen molar-refractivity contribution >= 4 is 5.91 Å². The molecule has 118 valence electrons. The van der Waals surface area contributed by atoms with Gasteiger partial charge >= 0.3 is 0 Å². The highest BCUT2D eigenvalue weighted by molar-refractivity contribution is 5.76. The molecule has 3 heteroatoms. The average molecular weight is 299 g/mol. The Morgan fingerprint density at radius 2 is 2.00 bits per heavy atom. The number of carbonyl (C=O) groups excluding carboxylic acids is 1. The van der Waals surface area contributed by atoms with Crippen LogP contribution < -0.4 is 0 Å². The molecule has 0 radical (unpaired) electrons. The van der Waals surface area contributed by atoms with Crippen molar-refractivity contribution in [1.29, 1.82) is 0 Å². The zero-order valence-electron chi connectivity index (χ0n) is 13.3. The maximum atomic E-state index is 12.7. The van der Waals surface area contributed by atoms with E-state index in [0.717, 1.165) is 38.8 Å². The van der Waals surface area contributed by atoms with Crippen molar-refractivity contribution in [2.75, 3.05) is 13.1 Å². The molecule has 2 heterocycles. The van der Waals surface area contributed by atoms with Crippen LogP contribution in [-0.4, -0.2) is 36.1 Å². The van der Waals surface area contributed by atoms with E-state index in [2.05, 4.69) is 36.1 Å². The number of ether oxygens (including phenoxy) is 1. The van der Waals surface area contributed by atoms with Gasteiger partial charge in [0.2, 0.25) is 5.91 Å². The van der Waals surface area contributed by atoms with Gasteiger partial charge in [0.25, 0.3) is 0 Å². The van der Waals surface area contributed by atoms with E-state index in [4.69, 9.17) is 4.74 Å². The summed E-state index contributed by atoms with van der Waals surface area (Å²) in [6.07, 6.45) is 5.76. The minimum atomic E-state index is 0.357. The van der Waals surface area contributed by atoms with Crippen LogP contribution in [0.5, 0.6) is 0 Å². The lowest BCUT2D eigenvalue weighted by atomic mass is 9.92. The highest BCUT2D eigenvalue weighted by Crippen LogP contribution is 2.34. The van der Waals surface area contributed by atoms with Crippen LogP contribution in [0.25, 0.3) is 0 Å². The molecule has 1 amide bonds. The fourth-order valence-corrected chi connectivity index (χ4v) is 4.59. The summed E-state index contributed by atoms with van der Waals surface area (Å²) >= 11 is 0. The smallest absolute Gasteiger partial charge is 0.222 e. The van der Waals surface area contributed by atoms with Crippen molar-refractivity contribution in [3.05, 3.63) is 35.4 Å². The van der Waals surface area contributed by atoms with Crippen molar-refractivity contribution < 1.29 is 9.53 Å². The second kappa shape index (κ2) is 5.69. The first kappa shape index (κ1) is 14.3. The van der Waals surface area contributed by atoms with Crippen LogP contribution in [-0.2, 0) is 22.4 Å². The Morgan fingerprint density at radius 3 is 2.73 bits per heavy atom. The molecular weight excluding hydrogens is 274 g/mol. The van der Waals surface area contributed by atoms with Gasteiger partial charge in [-0.15, -0.1) is 0 Å². The van der Waals surface area contributed by atoms with Gasteiger partial charge in [0.1, 0.15) is 0 Å². The van der Waals surface area contributed by atoms with Crippen molar-refractivity contribution in [3.63, 3.8) is 0 Å². The lowest BCUT2D eigenvalue weighted by Gasteiger charge is -2.34. The van der Waals surface area contributed by atoms with Crippen LogP contribution in [0, 0.1) is 11.8 Å². The summed E-state index contributed by atoms with van der Waals surface area (Å²) in [5, 5.41) is 0. The highest BCUT2D eigenvalue weighted by Gasteiger charge is 2.39. The van der Waals surface area contributed by atoms with Crippen molar-refractivity contribution in [3.8, 4) is 0 Å².